The third-order valence-electron chi connectivity index (χ3n) is 7.25. The van der Waals surface area contributed by atoms with E-state index >= 15 is 0 Å². The summed E-state index contributed by atoms with van der Waals surface area (Å²) in [6.45, 7) is 3.02. The van der Waals surface area contributed by atoms with E-state index < -0.39 is 5.54 Å². The van der Waals surface area contributed by atoms with Gasteiger partial charge in [0.2, 0.25) is 0 Å². The summed E-state index contributed by atoms with van der Waals surface area (Å²) < 4.78 is 0. The van der Waals surface area contributed by atoms with Crippen LogP contribution in [0.15, 0.2) is 24.5 Å². The molecule has 0 unspecified atom stereocenters. The highest BCUT2D eigenvalue weighted by Crippen LogP contribution is 2.36. The molecule has 0 bridgehead atoms. The number of aromatic nitrogens is 1. The van der Waals surface area contributed by atoms with E-state index in [4.69, 9.17) is 5.41 Å². The molecule has 2 aliphatic heterocycles. The molecule has 1 amide bonds. The van der Waals surface area contributed by atoms with Gasteiger partial charge in [0.25, 0.3) is 5.91 Å². The largest absolute Gasteiger partial charge is 0.342 e. The van der Waals surface area contributed by atoms with Gasteiger partial charge in [-0.3, -0.25) is 25.0 Å². The summed E-state index contributed by atoms with van der Waals surface area (Å²) in [4.78, 5) is 21.4. The lowest BCUT2D eigenvalue weighted by Gasteiger charge is -2.32. The van der Waals surface area contributed by atoms with Crippen molar-refractivity contribution in [1.29, 1.82) is 5.41 Å². The third-order valence-corrected chi connectivity index (χ3v) is 7.25. The van der Waals surface area contributed by atoms with Gasteiger partial charge >= 0.3 is 0 Å². The first-order chi connectivity index (χ1) is 14.1. The summed E-state index contributed by atoms with van der Waals surface area (Å²) in [5.41, 5.74) is 0.676. The van der Waals surface area contributed by atoms with Crippen molar-refractivity contribution in [2.75, 3.05) is 20.1 Å². The monoisotopic (exact) mass is 397 g/mol. The van der Waals surface area contributed by atoms with E-state index in [2.05, 4.69) is 21.3 Å². The molecule has 1 saturated carbocycles. The van der Waals surface area contributed by atoms with Crippen molar-refractivity contribution in [1.82, 2.24) is 20.1 Å². The number of amides is 1. The molecule has 3 heterocycles. The first-order valence-corrected chi connectivity index (χ1v) is 11.3. The lowest BCUT2D eigenvalue weighted by atomic mass is 9.78. The lowest BCUT2D eigenvalue weighted by molar-refractivity contribution is -0.131. The number of nitrogens with one attached hydrogen (secondary N) is 2. The molecule has 2 saturated heterocycles. The molecule has 1 aromatic rings. The SMILES string of the molecule is CN1C(=N)N[C@@](CCC2CCCCC2)(C[C@H]2CCN(Cc3cccnc3)C2)C1=O. The molecule has 29 heavy (non-hydrogen) atoms. The number of carbonyl (C=O) groups is 1. The Bertz CT molecular complexity index is 717. The van der Waals surface area contributed by atoms with Crippen molar-refractivity contribution >= 4 is 11.9 Å². The van der Waals surface area contributed by atoms with Gasteiger partial charge in [-0.25, -0.2) is 0 Å². The summed E-state index contributed by atoms with van der Waals surface area (Å²) >= 11 is 0. The van der Waals surface area contributed by atoms with E-state index in [0.717, 1.165) is 51.2 Å². The van der Waals surface area contributed by atoms with E-state index in [1.165, 1.54) is 42.6 Å². The van der Waals surface area contributed by atoms with Crippen molar-refractivity contribution in [3.63, 3.8) is 0 Å². The highest BCUT2D eigenvalue weighted by Gasteiger charge is 2.49. The van der Waals surface area contributed by atoms with E-state index in [-0.39, 0.29) is 11.9 Å². The predicted molar refractivity (Wildman–Crippen MR) is 114 cm³/mol. The minimum atomic E-state index is -0.571. The second kappa shape index (κ2) is 8.82. The van der Waals surface area contributed by atoms with Gasteiger partial charge in [-0.05, 0) is 55.7 Å². The summed E-state index contributed by atoms with van der Waals surface area (Å²) in [7, 11) is 1.74. The quantitative estimate of drug-likeness (QED) is 0.740. The smallest absolute Gasteiger partial charge is 0.254 e. The maximum absolute atomic E-state index is 13.2. The normalized spacial score (nSPS) is 28.9. The first kappa shape index (κ1) is 20.3. The number of guanidine groups is 1. The molecule has 1 aromatic heterocycles. The molecule has 3 aliphatic rings. The molecule has 0 spiro atoms. The first-order valence-electron chi connectivity index (χ1n) is 11.3. The summed E-state index contributed by atoms with van der Waals surface area (Å²) in [6.07, 6.45) is 14.3. The number of hydrogen-bond acceptors (Lipinski definition) is 4. The van der Waals surface area contributed by atoms with Crippen LogP contribution in [-0.2, 0) is 11.3 Å². The van der Waals surface area contributed by atoms with Crippen LogP contribution in [0.3, 0.4) is 0 Å². The van der Waals surface area contributed by atoms with E-state index in [0.29, 0.717) is 5.92 Å². The Labute approximate surface area is 174 Å². The fourth-order valence-corrected chi connectivity index (χ4v) is 5.59. The molecule has 3 fully saturated rings. The van der Waals surface area contributed by atoms with Crippen molar-refractivity contribution < 1.29 is 4.79 Å². The van der Waals surface area contributed by atoms with Crippen LogP contribution in [-0.4, -0.2) is 52.3 Å². The van der Waals surface area contributed by atoms with Crippen LogP contribution in [0.2, 0.25) is 0 Å². The van der Waals surface area contributed by atoms with Crippen molar-refractivity contribution in [2.24, 2.45) is 11.8 Å². The molecule has 4 rings (SSSR count). The number of hydrogen-bond donors (Lipinski definition) is 2. The Hall–Kier alpha value is -1.95. The Kier molecular flexibility index (Phi) is 6.18. The maximum Gasteiger partial charge on any atom is 0.254 e. The Morgan fingerprint density at radius 1 is 1.24 bits per heavy atom. The van der Waals surface area contributed by atoms with Gasteiger partial charge in [-0.2, -0.15) is 0 Å². The fraction of sp³-hybridized carbons (Fsp3) is 0.696. The molecule has 0 radical (unpaired) electrons. The number of likely N-dealkylation sites (N-methyl/N-ethyl adjacent to an activating group) is 1. The lowest BCUT2D eigenvalue weighted by Crippen LogP contribution is -2.49. The van der Waals surface area contributed by atoms with Crippen molar-refractivity contribution in [3.8, 4) is 0 Å². The summed E-state index contributed by atoms with van der Waals surface area (Å²) in [5, 5.41) is 11.5. The van der Waals surface area contributed by atoms with Crippen LogP contribution < -0.4 is 5.32 Å². The molecule has 6 heteroatoms. The average molecular weight is 398 g/mol. The fourth-order valence-electron chi connectivity index (χ4n) is 5.59. The maximum atomic E-state index is 13.2. The minimum absolute atomic E-state index is 0.101. The van der Waals surface area contributed by atoms with Crippen LogP contribution in [0, 0.1) is 17.2 Å². The Balaban J connectivity index is 1.39. The zero-order chi connectivity index (χ0) is 20.3. The topological polar surface area (TPSA) is 72.3 Å². The van der Waals surface area contributed by atoms with Crippen LogP contribution >= 0.6 is 0 Å². The van der Waals surface area contributed by atoms with Crippen LogP contribution in [0.5, 0.6) is 0 Å². The van der Waals surface area contributed by atoms with Crippen molar-refractivity contribution in [3.05, 3.63) is 30.1 Å². The third kappa shape index (κ3) is 4.63. The highest BCUT2D eigenvalue weighted by molar-refractivity contribution is 6.07. The standard InChI is InChI=1S/C23H35N5O/c1-27-21(29)23(26-22(27)24,11-9-18-6-3-2-4-7-18)14-19-10-13-28(16-19)17-20-8-5-12-25-15-20/h5,8,12,15,18-19H,2-4,6-7,9-11,13-14,16-17H2,1H3,(H2,24,26)/t19-,23+/m1/s1. The van der Waals surface area contributed by atoms with Gasteiger partial charge in [-0.15, -0.1) is 0 Å². The van der Waals surface area contributed by atoms with Gasteiger partial charge < -0.3 is 5.32 Å². The van der Waals surface area contributed by atoms with Gasteiger partial charge in [-0.1, -0.05) is 38.2 Å². The van der Waals surface area contributed by atoms with Gasteiger partial charge in [0.05, 0.1) is 0 Å². The molecular formula is C23H35N5O. The number of likely N-dealkylation sites (tertiary alicyclic amines) is 1. The second-order valence-electron chi connectivity index (χ2n) is 9.42. The number of nitrogens with zero attached hydrogens (tertiary/aromatic N) is 3. The summed E-state index contributed by atoms with van der Waals surface area (Å²) in [5.74, 6) is 1.61. The number of pyridine rings is 1. The second-order valence-corrected chi connectivity index (χ2v) is 9.42. The molecule has 1 aliphatic carbocycles. The predicted octanol–water partition coefficient (Wildman–Crippen LogP) is 3.39. The Morgan fingerprint density at radius 2 is 2.07 bits per heavy atom. The summed E-state index contributed by atoms with van der Waals surface area (Å²) in [6, 6.07) is 4.12. The minimum Gasteiger partial charge on any atom is -0.342 e. The van der Waals surface area contributed by atoms with Crippen LogP contribution in [0.25, 0.3) is 0 Å². The van der Waals surface area contributed by atoms with E-state index in [1.807, 2.05) is 18.5 Å². The van der Waals surface area contributed by atoms with Gasteiger partial charge in [0.1, 0.15) is 5.54 Å². The molecule has 0 aromatic carbocycles. The van der Waals surface area contributed by atoms with E-state index in [9.17, 15) is 4.79 Å². The molecule has 6 nitrogen and oxygen atoms in total. The molecule has 2 atom stereocenters. The molecule has 158 valence electrons. The zero-order valence-corrected chi connectivity index (χ0v) is 17.7. The average Bonchev–Trinajstić information content (AvgIpc) is 3.26. The highest BCUT2D eigenvalue weighted by atomic mass is 16.2. The number of rotatable bonds is 7. The van der Waals surface area contributed by atoms with Crippen LogP contribution in [0.4, 0.5) is 0 Å². The molecular weight excluding hydrogens is 362 g/mol. The van der Waals surface area contributed by atoms with Gasteiger partial charge in [0, 0.05) is 32.5 Å². The van der Waals surface area contributed by atoms with E-state index in [1.54, 1.807) is 7.05 Å². The number of carbonyl (C=O) groups excluding carboxylic acids is 1. The zero-order valence-electron chi connectivity index (χ0n) is 17.7. The Morgan fingerprint density at radius 3 is 2.76 bits per heavy atom. The van der Waals surface area contributed by atoms with Crippen LogP contribution in [0.1, 0.15) is 63.4 Å². The molecule has 2 N–H and O–H groups in total. The van der Waals surface area contributed by atoms with Crippen molar-refractivity contribution in [2.45, 2.75) is 69.9 Å². The van der Waals surface area contributed by atoms with Gasteiger partial charge in [0.15, 0.2) is 5.96 Å².